The zero-order valence-corrected chi connectivity index (χ0v) is 13.4. The molecule has 1 aliphatic carbocycles. The first kappa shape index (κ1) is 16.0. The molecule has 0 spiro atoms. The van der Waals surface area contributed by atoms with Crippen LogP contribution < -0.4 is 5.32 Å². The number of aromatic nitrogens is 2. The lowest BCUT2D eigenvalue weighted by Gasteiger charge is -2.26. The summed E-state index contributed by atoms with van der Waals surface area (Å²) in [6, 6.07) is 0. The van der Waals surface area contributed by atoms with Crippen LogP contribution in [0.5, 0.6) is 0 Å². The molecule has 0 bridgehead atoms. The first-order chi connectivity index (χ1) is 9.80. The Balaban J connectivity index is 1.93. The highest BCUT2D eigenvalue weighted by Gasteiger charge is 2.28. The Morgan fingerprint density at radius 3 is 2.48 bits per heavy atom. The molecule has 0 saturated heterocycles. The van der Waals surface area contributed by atoms with Crippen LogP contribution in [0.2, 0.25) is 0 Å². The van der Waals surface area contributed by atoms with Crippen molar-refractivity contribution in [1.82, 2.24) is 15.1 Å². The average Bonchev–Trinajstić information content (AvgIpc) is 2.81. The van der Waals surface area contributed by atoms with Crippen LogP contribution in [0, 0.1) is 0 Å². The van der Waals surface area contributed by atoms with E-state index in [4.69, 9.17) is 0 Å². The molecule has 1 saturated carbocycles. The van der Waals surface area contributed by atoms with Crippen LogP contribution in [-0.4, -0.2) is 32.9 Å². The zero-order valence-electron chi connectivity index (χ0n) is 13.4. The highest BCUT2D eigenvalue weighted by molar-refractivity contribution is 5.93. The minimum atomic E-state index is -0.744. The maximum Gasteiger partial charge on any atom is 0.254 e. The van der Waals surface area contributed by atoms with Gasteiger partial charge in [-0.15, -0.1) is 0 Å². The minimum Gasteiger partial charge on any atom is -0.388 e. The molecule has 1 aromatic rings. The van der Waals surface area contributed by atoms with Crippen molar-refractivity contribution < 1.29 is 9.90 Å². The largest absolute Gasteiger partial charge is 0.388 e. The van der Waals surface area contributed by atoms with Gasteiger partial charge in [0.05, 0.1) is 22.9 Å². The third-order valence-electron chi connectivity index (χ3n) is 4.14. The molecule has 1 amide bonds. The van der Waals surface area contributed by atoms with E-state index >= 15 is 0 Å². The number of amides is 1. The summed E-state index contributed by atoms with van der Waals surface area (Å²) in [6.07, 6.45) is 9.30. The molecule has 5 heteroatoms. The molecule has 0 aliphatic heterocycles. The topological polar surface area (TPSA) is 67.2 Å². The van der Waals surface area contributed by atoms with Crippen molar-refractivity contribution in [3.8, 4) is 0 Å². The lowest BCUT2D eigenvalue weighted by Crippen LogP contribution is -2.42. The Labute approximate surface area is 126 Å². The van der Waals surface area contributed by atoms with Crippen molar-refractivity contribution >= 4 is 5.91 Å². The standard InChI is InChI=1S/C16H27N3O2/c1-15(2,3)19-11-13(10-18-19)14(20)17-12-16(21)8-6-4-5-7-9-16/h10-11,21H,4-9,12H2,1-3H3,(H,17,20). The molecule has 0 unspecified atom stereocenters. The molecule has 0 radical (unpaired) electrons. The molecular weight excluding hydrogens is 266 g/mol. The van der Waals surface area contributed by atoms with Crippen LogP contribution in [0.4, 0.5) is 0 Å². The lowest BCUT2D eigenvalue weighted by atomic mass is 9.94. The molecule has 1 heterocycles. The smallest absolute Gasteiger partial charge is 0.254 e. The number of nitrogens with one attached hydrogen (secondary N) is 1. The van der Waals surface area contributed by atoms with Gasteiger partial charge in [-0.2, -0.15) is 5.10 Å². The minimum absolute atomic E-state index is 0.141. The summed E-state index contributed by atoms with van der Waals surface area (Å²) in [7, 11) is 0. The van der Waals surface area contributed by atoms with Gasteiger partial charge in [0.2, 0.25) is 0 Å². The first-order valence-corrected chi connectivity index (χ1v) is 7.86. The molecule has 2 N–H and O–H groups in total. The van der Waals surface area contributed by atoms with Gasteiger partial charge >= 0.3 is 0 Å². The monoisotopic (exact) mass is 293 g/mol. The van der Waals surface area contributed by atoms with Gasteiger partial charge in [0.25, 0.3) is 5.91 Å². The average molecular weight is 293 g/mol. The summed E-state index contributed by atoms with van der Waals surface area (Å²) in [5.41, 5.74) is -0.341. The second-order valence-electron chi connectivity index (χ2n) is 7.17. The fourth-order valence-electron chi connectivity index (χ4n) is 2.72. The van der Waals surface area contributed by atoms with E-state index < -0.39 is 5.60 Å². The molecule has 1 aliphatic rings. The Hall–Kier alpha value is -1.36. The van der Waals surface area contributed by atoms with E-state index in [1.807, 2.05) is 20.8 Å². The van der Waals surface area contributed by atoms with Crippen LogP contribution in [0.1, 0.15) is 69.7 Å². The number of nitrogens with zero attached hydrogens (tertiary/aromatic N) is 2. The van der Waals surface area contributed by atoms with Gasteiger partial charge in [-0.1, -0.05) is 25.7 Å². The van der Waals surface area contributed by atoms with Crippen molar-refractivity contribution in [3.63, 3.8) is 0 Å². The molecule has 0 atom stereocenters. The van der Waals surface area contributed by atoms with Gasteiger partial charge in [-0.25, -0.2) is 0 Å². The Morgan fingerprint density at radius 2 is 1.95 bits per heavy atom. The van der Waals surface area contributed by atoms with E-state index in [2.05, 4.69) is 10.4 Å². The molecular formula is C16H27N3O2. The first-order valence-electron chi connectivity index (χ1n) is 7.86. The Morgan fingerprint density at radius 1 is 1.33 bits per heavy atom. The van der Waals surface area contributed by atoms with Gasteiger partial charge in [0.15, 0.2) is 0 Å². The number of carbonyl (C=O) groups is 1. The summed E-state index contributed by atoms with van der Waals surface area (Å²) in [6.45, 7) is 6.44. The Bertz CT molecular complexity index is 480. The fourth-order valence-corrected chi connectivity index (χ4v) is 2.72. The lowest BCUT2D eigenvalue weighted by molar-refractivity contribution is 0.0246. The normalized spacial score (nSPS) is 19.0. The SMILES string of the molecule is CC(C)(C)n1cc(C(=O)NCC2(O)CCCCCC2)cn1. The summed E-state index contributed by atoms with van der Waals surface area (Å²) < 4.78 is 1.78. The number of hydrogen-bond acceptors (Lipinski definition) is 3. The number of rotatable bonds is 3. The van der Waals surface area contributed by atoms with Crippen molar-refractivity contribution in [1.29, 1.82) is 0 Å². The second kappa shape index (κ2) is 6.18. The van der Waals surface area contributed by atoms with E-state index in [9.17, 15) is 9.90 Å². The molecule has 1 aromatic heterocycles. The van der Waals surface area contributed by atoms with Gasteiger partial charge in [-0.05, 0) is 33.6 Å². The van der Waals surface area contributed by atoms with Crippen molar-refractivity contribution in [2.45, 2.75) is 70.4 Å². The highest BCUT2D eigenvalue weighted by atomic mass is 16.3. The number of carbonyl (C=O) groups excluding carboxylic acids is 1. The number of hydrogen-bond donors (Lipinski definition) is 2. The summed E-state index contributed by atoms with van der Waals surface area (Å²) in [5, 5.41) is 17.6. The quantitative estimate of drug-likeness (QED) is 0.841. The van der Waals surface area contributed by atoms with Crippen molar-refractivity contribution in [2.24, 2.45) is 0 Å². The Kier molecular flexibility index (Phi) is 4.71. The van der Waals surface area contributed by atoms with E-state index in [0.29, 0.717) is 12.1 Å². The highest BCUT2D eigenvalue weighted by Crippen LogP contribution is 2.26. The van der Waals surface area contributed by atoms with Gasteiger partial charge in [0, 0.05) is 12.7 Å². The summed E-state index contributed by atoms with van der Waals surface area (Å²) in [4.78, 5) is 12.2. The molecule has 5 nitrogen and oxygen atoms in total. The number of aliphatic hydroxyl groups is 1. The molecule has 21 heavy (non-hydrogen) atoms. The van der Waals surface area contributed by atoms with Crippen molar-refractivity contribution in [2.75, 3.05) is 6.54 Å². The van der Waals surface area contributed by atoms with Gasteiger partial charge in [-0.3, -0.25) is 9.48 Å². The second-order valence-corrected chi connectivity index (χ2v) is 7.17. The molecule has 2 rings (SSSR count). The van der Waals surface area contributed by atoms with E-state index in [-0.39, 0.29) is 11.4 Å². The predicted molar refractivity (Wildman–Crippen MR) is 82.2 cm³/mol. The van der Waals surface area contributed by atoms with Gasteiger partial charge < -0.3 is 10.4 Å². The molecule has 1 fully saturated rings. The summed E-state index contributed by atoms with van der Waals surface area (Å²) in [5.74, 6) is -0.164. The zero-order chi connectivity index (χ0) is 15.5. The third kappa shape index (κ3) is 4.30. The summed E-state index contributed by atoms with van der Waals surface area (Å²) >= 11 is 0. The predicted octanol–water partition coefficient (Wildman–Crippen LogP) is 2.45. The van der Waals surface area contributed by atoms with E-state index in [1.54, 1.807) is 17.1 Å². The molecule has 0 aromatic carbocycles. The maximum atomic E-state index is 12.2. The maximum absolute atomic E-state index is 12.2. The van der Waals surface area contributed by atoms with Crippen LogP contribution in [0.15, 0.2) is 12.4 Å². The van der Waals surface area contributed by atoms with Crippen LogP contribution >= 0.6 is 0 Å². The fraction of sp³-hybridized carbons (Fsp3) is 0.750. The van der Waals surface area contributed by atoms with Crippen LogP contribution in [-0.2, 0) is 5.54 Å². The van der Waals surface area contributed by atoms with E-state index in [0.717, 1.165) is 25.7 Å². The van der Waals surface area contributed by atoms with Crippen LogP contribution in [0.25, 0.3) is 0 Å². The molecule has 118 valence electrons. The third-order valence-corrected chi connectivity index (χ3v) is 4.14. The van der Waals surface area contributed by atoms with Crippen molar-refractivity contribution in [3.05, 3.63) is 18.0 Å². The van der Waals surface area contributed by atoms with Gasteiger partial charge in [0.1, 0.15) is 0 Å². The van der Waals surface area contributed by atoms with E-state index in [1.165, 1.54) is 12.8 Å². The van der Waals surface area contributed by atoms with Crippen LogP contribution in [0.3, 0.4) is 0 Å².